The van der Waals surface area contributed by atoms with Crippen molar-refractivity contribution in [3.63, 3.8) is 0 Å². The number of aryl methyl sites for hydroxylation is 1. The smallest absolute Gasteiger partial charge is 0.271 e. The molecule has 1 rings (SSSR count). The van der Waals surface area contributed by atoms with E-state index in [0.29, 0.717) is 5.69 Å². The van der Waals surface area contributed by atoms with Crippen molar-refractivity contribution in [3.8, 4) is 0 Å². The molecule has 0 aliphatic carbocycles. The number of ketones is 1. The van der Waals surface area contributed by atoms with Crippen LogP contribution in [0.2, 0.25) is 0 Å². The molecule has 1 aromatic heterocycles. The van der Waals surface area contributed by atoms with Gasteiger partial charge in [-0.3, -0.25) is 9.59 Å². The van der Waals surface area contributed by atoms with Crippen LogP contribution in [0.15, 0.2) is 12.5 Å². The molecule has 0 unspecified atom stereocenters. The molecule has 0 aromatic carbocycles. The number of carbonyl (C=O) groups excluding carboxylic acids is 2. The fraction of sp³-hybridized carbons (Fsp3) is 0.375. The molecule has 1 aromatic rings. The van der Waals surface area contributed by atoms with E-state index in [0.717, 1.165) is 0 Å². The van der Waals surface area contributed by atoms with Gasteiger partial charge in [-0.2, -0.15) is 0 Å². The normalized spacial score (nSPS) is 9.69. The van der Waals surface area contributed by atoms with Gasteiger partial charge in [0.2, 0.25) is 0 Å². The molecule has 0 spiro atoms. The Kier molecular flexibility index (Phi) is 2.79. The van der Waals surface area contributed by atoms with Crippen molar-refractivity contribution in [2.75, 3.05) is 6.54 Å². The number of nitrogens with one attached hydrogen (secondary N) is 1. The lowest BCUT2D eigenvalue weighted by Crippen LogP contribution is -2.28. The van der Waals surface area contributed by atoms with E-state index >= 15 is 0 Å². The maximum absolute atomic E-state index is 11.2. The zero-order chi connectivity index (χ0) is 9.84. The van der Waals surface area contributed by atoms with Crippen molar-refractivity contribution in [2.45, 2.75) is 6.92 Å². The largest absolute Gasteiger partial charge is 0.344 e. The first-order valence-corrected chi connectivity index (χ1v) is 3.85. The summed E-state index contributed by atoms with van der Waals surface area (Å²) >= 11 is 0. The number of imidazole rings is 1. The number of nitrogens with zero attached hydrogens (tertiary/aromatic N) is 2. The van der Waals surface area contributed by atoms with Gasteiger partial charge in [0.05, 0.1) is 12.9 Å². The number of Topliss-reactive ketones (excluding diaryl/α,β-unsaturated/α-hetero) is 1. The molecule has 1 N–H and O–H groups in total. The summed E-state index contributed by atoms with van der Waals surface area (Å²) in [6, 6.07) is 0. The van der Waals surface area contributed by atoms with Gasteiger partial charge >= 0.3 is 0 Å². The molecule has 70 valence electrons. The molecule has 0 radical (unpaired) electrons. The molecule has 0 bridgehead atoms. The summed E-state index contributed by atoms with van der Waals surface area (Å²) < 4.78 is 1.67. The van der Waals surface area contributed by atoms with E-state index in [1.54, 1.807) is 17.8 Å². The lowest BCUT2D eigenvalue weighted by molar-refractivity contribution is -0.116. The van der Waals surface area contributed by atoms with Crippen LogP contribution in [0.25, 0.3) is 0 Å². The maximum atomic E-state index is 11.2. The average Bonchev–Trinajstić information content (AvgIpc) is 2.47. The summed E-state index contributed by atoms with van der Waals surface area (Å²) in [6.07, 6.45) is 3.12. The minimum absolute atomic E-state index is 0.0510. The second-order valence-electron chi connectivity index (χ2n) is 2.81. The quantitative estimate of drug-likeness (QED) is 0.698. The molecular weight excluding hydrogens is 170 g/mol. The van der Waals surface area contributed by atoms with Gasteiger partial charge in [-0.05, 0) is 6.92 Å². The zero-order valence-corrected chi connectivity index (χ0v) is 7.57. The van der Waals surface area contributed by atoms with Gasteiger partial charge in [0.25, 0.3) is 5.91 Å². The van der Waals surface area contributed by atoms with Gasteiger partial charge in [0.15, 0.2) is 0 Å². The summed E-state index contributed by atoms with van der Waals surface area (Å²) in [7, 11) is 1.77. The van der Waals surface area contributed by atoms with Gasteiger partial charge in [-0.1, -0.05) is 0 Å². The van der Waals surface area contributed by atoms with Crippen molar-refractivity contribution < 1.29 is 9.59 Å². The summed E-state index contributed by atoms with van der Waals surface area (Å²) in [5.74, 6) is -0.403. The predicted octanol–water partition coefficient (Wildman–Crippen LogP) is -0.261. The highest BCUT2D eigenvalue weighted by Gasteiger charge is 2.07. The molecule has 0 atom stereocenters. The van der Waals surface area contributed by atoms with E-state index in [4.69, 9.17) is 0 Å². The maximum Gasteiger partial charge on any atom is 0.271 e. The number of hydrogen-bond acceptors (Lipinski definition) is 3. The third kappa shape index (κ3) is 2.70. The van der Waals surface area contributed by atoms with Crippen molar-refractivity contribution in [2.24, 2.45) is 7.05 Å². The van der Waals surface area contributed by atoms with Crippen LogP contribution in [-0.4, -0.2) is 27.8 Å². The van der Waals surface area contributed by atoms with E-state index in [9.17, 15) is 9.59 Å². The lowest BCUT2D eigenvalue weighted by atomic mass is 10.4. The number of rotatable bonds is 3. The SMILES string of the molecule is CC(=O)CNC(=O)c1cn(C)cn1. The van der Waals surface area contributed by atoms with E-state index in [1.807, 2.05) is 0 Å². The first-order chi connectivity index (χ1) is 6.09. The highest BCUT2D eigenvalue weighted by molar-refractivity contribution is 5.94. The molecule has 1 amide bonds. The summed E-state index contributed by atoms with van der Waals surface area (Å²) in [4.78, 5) is 25.6. The monoisotopic (exact) mass is 181 g/mol. The Morgan fingerprint density at radius 2 is 2.31 bits per heavy atom. The summed E-state index contributed by atoms with van der Waals surface area (Å²) in [5, 5.41) is 2.45. The van der Waals surface area contributed by atoms with Crippen molar-refractivity contribution in [1.29, 1.82) is 0 Å². The second kappa shape index (κ2) is 3.84. The number of aromatic nitrogens is 2. The lowest BCUT2D eigenvalue weighted by Gasteiger charge is -1.97. The van der Waals surface area contributed by atoms with Gasteiger partial charge in [-0.15, -0.1) is 0 Å². The van der Waals surface area contributed by atoms with E-state index in [-0.39, 0.29) is 18.2 Å². The Hall–Kier alpha value is -1.65. The van der Waals surface area contributed by atoms with Gasteiger partial charge in [-0.25, -0.2) is 4.98 Å². The zero-order valence-electron chi connectivity index (χ0n) is 7.57. The van der Waals surface area contributed by atoms with Crippen LogP contribution in [-0.2, 0) is 11.8 Å². The first-order valence-electron chi connectivity index (χ1n) is 3.85. The van der Waals surface area contributed by atoms with Crippen molar-refractivity contribution in [1.82, 2.24) is 14.9 Å². The van der Waals surface area contributed by atoms with E-state index in [2.05, 4.69) is 10.3 Å². The molecule has 0 aliphatic heterocycles. The Morgan fingerprint density at radius 1 is 1.62 bits per heavy atom. The molecule has 5 heteroatoms. The fourth-order valence-electron chi connectivity index (χ4n) is 0.825. The van der Waals surface area contributed by atoms with Crippen LogP contribution in [0.5, 0.6) is 0 Å². The highest BCUT2D eigenvalue weighted by atomic mass is 16.2. The standard InChI is InChI=1S/C8H11N3O2/c1-6(12)3-9-8(13)7-4-11(2)5-10-7/h4-5H,3H2,1-2H3,(H,9,13). The Bertz CT molecular complexity index is 330. The molecule has 0 saturated carbocycles. The van der Waals surface area contributed by atoms with Crippen LogP contribution >= 0.6 is 0 Å². The first kappa shape index (κ1) is 9.44. The molecule has 5 nitrogen and oxygen atoms in total. The van der Waals surface area contributed by atoms with Crippen LogP contribution in [0.3, 0.4) is 0 Å². The minimum Gasteiger partial charge on any atom is -0.344 e. The van der Waals surface area contributed by atoms with Gasteiger partial charge in [0, 0.05) is 13.2 Å². The number of carbonyl (C=O) groups is 2. The molecule has 13 heavy (non-hydrogen) atoms. The summed E-state index contributed by atoms with van der Waals surface area (Å²) in [6.45, 7) is 1.47. The van der Waals surface area contributed by atoms with Crippen LogP contribution in [0.4, 0.5) is 0 Å². The predicted molar refractivity (Wildman–Crippen MR) is 46.2 cm³/mol. The Morgan fingerprint density at radius 3 is 2.77 bits per heavy atom. The Balaban J connectivity index is 2.54. The molecule has 0 saturated heterocycles. The molecule has 1 heterocycles. The third-order valence-corrected chi connectivity index (χ3v) is 1.44. The van der Waals surface area contributed by atoms with Crippen LogP contribution in [0, 0.1) is 0 Å². The van der Waals surface area contributed by atoms with E-state index in [1.165, 1.54) is 13.3 Å². The Labute approximate surface area is 75.8 Å². The second-order valence-corrected chi connectivity index (χ2v) is 2.81. The molecule has 0 aliphatic rings. The average molecular weight is 181 g/mol. The van der Waals surface area contributed by atoms with Crippen LogP contribution < -0.4 is 5.32 Å². The topological polar surface area (TPSA) is 64.0 Å². The van der Waals surface area contributed by atoms with Crippen molar-refractivity contribution in [3.05, 3.63) is 18.2 Å². The third-order valence-electron chi connectivity index (χ3n) is 1.44. The van der Waals surface area contributed by atoms with Crippen molar-refractivity contribution >= 4 is 11.7 Å². The van der Waals surface area contributed by atoms with Crippen LogP contribution in [0.1, 0.15) is 17.4 Å². The number of hydrogen-bond donors (Lipinski definition) is 1. The van der Waals surface area contributed by atoms with E-state index < -0.39 is 0 Å². The molecule has 0 fully saturated rings. The fourth-order valence-corrected chi connectivity index (χ4v) is 0.825. The highest BCUT2D eigenvalue weighted by Crippen LogP contribution is 1.92. The molecular formula is C8H11N3O2. The van der Waals surface area contributed by atoms with Gasteiger partial charge in [0.1, 0.15) is 11.5 Å². The summed E-state index contributed by atoms with van der Waals surface area (Å²) in [5.41, 5.74) is 0.323. The number of amides is 1. The van der Waals surface area contributed by atoms with Gasteiger partial charge < -0.3 is 9.88 Å². The minimum atomic E-state index is -0.323.